The molecule has 1 aromatic heterocycles. The monoisotopic (exact) mass is 271 g/mol. The van der Waals surface area contributed by atoms with Crippen LogP contribution >= 0.6 is 11.8 Å². The molecule has 2 rings (SSSR count). The zero-order valence-corrected chi connectivity index (χ0v) is 11.1. The molecule has 0 amide bonds. The fraction of sp³-hybridized carbons (Fsp3) is 0.727. The third kappa shape index (κ3) is 2.95. The highest BCUT2D eigenvalue weighted by atomic mass is 32.2. The van der Waals surface area contributed by atoms with Crippen LogP contribution < -0.4 is 5.69 Å². The van der Waals surface area contributed by atoms with Crippen molar-refractivity contribution >= 4 is 17.7 Å². The minimum absolute atomic E-state index is 0.0823. The van der Waals surface area contributed by atoms with Crippen LogP contribution in [0.3, 0.4) is 0 Å². The van der Waals surface area contributed by atoms with Crippen molar-refractivity contribution < 1.29 is 9.90 Å². The molecule has 6 nitrogen and oxygen atoms in total. The molecule has 1 aliphatic carbocycles. The summed E-state index contributed by atoms with van der Waals surface area (Å²) in [6.07, 6.45) is 4.60. The van der Waals surface area contributed by atoms with Crippen LogP contribution in [0.2, 0.25) is 0 Å². The lowest BCUT2D eigenvalue weighted by Crippen LogP contribution is -2.27. The maximum Gasteiger partial charge on any atom is 0.343 e. The Kier molecular flexibility index (Phi) is 3.79. The number of hydrogen-bond acceptors (Lipinski definition) is 4. The SMILES string of the molecule is CC1(Cn2c(SCC(=O)O)n[nH]c2=O)CCCC1. The van der Waals surface area contributed by atoms with E-state index in [-0.39, 0.29) is 16.9 Å². The molecule has 0 unspecified atom stereocenters. The first-order chi connectivity index (χ1) is 8.50. The summed E-state index contributed by atoms with van der Waals surface area (Å²) >= 11 is 1.08. The molecule has 2 N–H and O–H groups in total. The van der Waals surface area contributed by atoms with Gasteiger partial charge in [-0.1, -0.05) is 31.5 Å². The second kappa shape index (κ2) is 5.17. The second-order valence-electron chi connectivity index (χ2n) is 5.10. The first-order valence-corrected chi connectivity index (χ1v) is 6.99. The number of aromatic nitrogens is 3. The number of nitrogens with zero attached hydrogens (tertiary/aromatic N) is 2. The van der Waals surface area contributed by atoms with Crippen molar-refractivity contribution in [2.24, 2.45) is 5.41 Å². The van der Waals surface area contributed by atoms with Gasteiger partial charge in [0.25, 0.3) is 0 Å². The molecular formula is C11H17N3O3S. The van der Waals surface area contributed by atoms with Gasteiger partial charge in [0.15, 0.2) is 5.16 Å². The third-order valence-electron chi connectivity index (χ3n) is 3.40. The minimum atomic E-state index is -0.908. The number of thioether (sulfide) groups is 1. The second-order valence-corrected chi connectivity index (χ2v) is 6.04. The van der Waals surface area contributed by atoms with Crippen LogP contribution in [-0.2, 0) is 11.3 Å². The Labute approximate surface area is 109 Å². The molecule has 0 spiro atoms. The van der Waals surface area contributed by atoms with E-state index >= 15 is 0 Å². The van der Waals surface area contributed by atoms with Gasteiger partial charge in [-0.25, -0.2) is 9.89 Å². The Morgan fingerprint density at radius 2 is 2.22 bits per heavy atom. The van der Waals surface area contributed by atoms with Crippen molar-refractivity contribution in [1.82, 2.24) is 14.8 Å². The van der Waals surface area contributed by atoms with Crippen LogP contribution in [0.5, 0.6) is 0 Å². The molecule has 0 aliphatic heterocycles. The Bertz CT molecular complexity index is 488. The van der Waals surface area contributed by atoms with Gasteiger partial charge in [-0.3, -0.25) is 9.36 Å². The smallest absolute Gasteiger partial charge is 0.343 e. The van der Waals surface area contributed by atoms with E-state index in [9.17, 15) is 9.59 Å². The molecule has 0 aromatic carbocycles. The molecule has 0 saturated heterocycles. The zero-order chi connectivity index (χ0) is 13.2. The lowest BCUT2D eigenvalue weighted by Gasteiger charge is -2.23. The summed E-state index contributed by atoms with van der Waals surface area (Å²) in [7, 11) is 0. The van der Waals surface area contributed by atoms with Gasteiger partial charge in [-0.15, -0.1) is 5.10 Å². The molecule has 1 fully saturated rings. The number of hydrogen-bond donors (Lipinski definition) is 2. The fourth-order valence-electron chi connectivity index (χ4n) is 2.45. The number of carboxylic acids is 1. The maximum atomic E-state index is 11.7. The van der Waals surface area contributed by atoms with Gasteiger partial charge in [-0.05, 0) is 18.3 Å². The Balaban J connectivity index is 2.13. The van der Waals surface area contributed by atoms with E-state index in [4.69, 9.17) is 5.11 Å². The highest BCUT2D eigenvalue weighted by Gasteiger charge is 2.30. The normalized spacial score (nSPS) is 18.1. The topological polar surface area (TPSA) is 88.0 Å². The van der Waals surface area contributed by atoms with Crippen LogP contribution in [0.4, 0.5) is 0 Å². The van der Waals surface area contributed by atoms with E-state index in [1.54, 1.807) is 4.57 Å². The number of aromatic amines is 1. The summed E-state index contributed by atoms with van der Waals surface area (Å²) in [5, 5.41) is 15.4. The number of aliphatic carboxylic acids is 1. The number of rotatable bonds is 5. The number of carboxylic acid groups (broad SMARTS) is 1. The first-order valence-electron chi connectivity index (χ1n) is 6.00. The van der Waals surface area contributed by atoms with Crippen molar-refractivity contribution in [3.63, 3.8) is 0 Å². The average Bonchev–Trinajstić information content (AvgIpc) is 2.86. The van der Waals surface area contributed by atoms with Crippen molar-refractivity contribution in [1.29, 1.82) is 0 Å². The van der Waals surface area contributed by atoms with Crippen LogP contribution in [0, 0.1) is 5.41 Å². The number of nitrogens with one attached hydrogen (secondary N) is 1. The Morgan fingerprint density at radius 1 is 1.56 bits per heavy atom. The van der Waals surface area contributed by atoms with Gasteiger partial charge in [-0.2, -0.15) is 0 Å². The Hall–Kier alpha value is -1.24. The summed E-state index contributed by atoms with van der Waals surface area (Å²) < 4.78 is 1.57. The van der Waals surface area contributed by atoms with Gasteiger partial charge >= 0.3 is 11.7 Å². The highest BCUT2D eigenvalue weighted by Crippen LogP contribution is 2.39. The van der Waals surface area contributed by atoms with Gasteiger partial charge in [0, 0.05) is 6.54 Å². The quantitative estimate of drug-likeness (QED) is 0.789. The summed E-state index contributed by atoms with van der Waals surface area (Å²) in [4.78, 5) is 22.3. The highest BCUT2D eigenvalue weighted by molar-refractivity contribution is 7.99. The molecule has 1 heterocycles. The number of carbonyl (C=O) groups is 1. The molecule has 0 bridgehead atoms. The standard InChI is InChI=1S/C11H17N3O3S/c1-11(4-2-3-5-11)7-14-9(17)12-13-10(14)18-6-8(15)16/h2-7H2,1H3,(H,12,17)(H,15,16). The maximum absolute atomic E-state index is 11.7. The van der Waals surface area contributed by atoms with Crippen LogP contribution in [-0.4, -0.2) is 31.6 Å². The van der Waals surface area contributed by atoms with E-state index in [2.05, 4.69) is 17.1 Å². The largest absolute Gasteiger partial charge is 0.481 e. The zero-order valence-electron chi connectivity index (χ0n) is 10.3. The molecule has 7 heteroatoms. The van der Waals surface area contributed by atoms with E-state index < -0.39 is 5.97 Å². The molecule has 0 radical (unpaired) electrons. The van der Waals surface area contributed by atoms with E-state index in [0.717, 1.165) is 24.6 Å². The minimum Gasteiger partial charge on any atom is -0.481 e. The summed E-state index contributed by atoms with van der Waals surface area (Å²) in [6, 6.07) is 0. The van der Waals surface area contributed by atoms with Crippen LogP contribution in [0.25, 0.3) is 0 Å². The van der Waals surface area contributed by atoms with Crippen molar-refractivity contribution in [3.8, 4) is 0 Å². The molecule has 1 aromatic rings. The summed E-state index contributed by atoms with van der Waals surface area (Å²) in [5.74, 6) is -0.991. The Morgan fingerprint density at radius 3 is 2.83 bits per heavy atom. The van der Waals surface area contributed by atoms with E-state index in [0.29, 0.717) is 11.7 Å². The summed E-state index contributed by atoms with van der Waals surface area (Å²) in [6.45, 7) is 2.79. The van der Waals surface area contributed by atoms with Gasteiger partial charge < -0.3 is 5.11 Å². The van der Waals surface area contributed by atoms with Crippen molar-refractivity contribution in [2.45, 2.75) is 44.3 Å². The first kappa shape index (κ1) is 13.2. The molecule has 100 valence electrons. The molecule has 1 saturated carbocycles. The molecule has 18 heavy (non-hydrogen) atoms. The van der Waals surface area contributed by atoms with Gasteiger partial charge in [0.05, 0.1) is 5.75 Å². The summed E-state index contributed by atoms with van der Waals surface area (Å²) in [5.41, 5.74) is -0.123. The number of H-pyrrole nitrogens is 1. The lowest BCUT2D eigenvalue weighted by atomic mass is 9.89. The average molecular weight is 271 g/mol. The lowest BCUT2D eigenvalue weighted by molar-refractivity contribution is -0.133. The van der Waals surface area contributed by atoms with Gasteiger partial charge in [0.1, 0.15) is 0 Å². The predicted octanol–water partition coefficient (Wildman–Crippen LogP) is 1.33. The van der Waals surface area contributed by atoms with Crippen molar-refractivity contribution in [3.05, 3.63) is 10.5 Å². The van der Waals surface area contributed by atoms with E-state index in [1.807, 2.05) is 0 Å². The fourth-order valence-corrected chi connectivity index (χ4v) is 3.11. The molecule has 0 atom stereocenters. The third-order valence-corrected chi connectivity index (χ3v) is 4.36. The molecular weight excluding hydrogens is 254 g/mol. The van der Waals surface area contributed by atoms with Crippen LogP contribution in [0.15, 0.2) is 9.95 Å². The van der Waals surface area contributed by atoms with Gasteiger partial charge in [0.2, 0.25) is 0 Å². The van der Waals surface area contributed by atoms with E-state index in [1.165, 1.54) is 12.8 Å². The van der Waals surface area contributed by atoms with Crippen molar-refractivity contribution in [2.75, 3.05) is 5.75 Å². The predicted molar refractivity (Wildman–Crippen MR) is 67.8 cm³/mol. The molecule has 1 aliphatic rings. The van der Waals surface area contributed by atoms with Crippen LogP contribution in [0.1, 0.15) is 32.6 Å².